The van der Waals surface area contributed by atoms with Crippen molar-refractivity contribution in [2.75, 3.05) is 5.32 Å². The molecule has 242 valence electrons. The van der Waals surface area contributed by atoms with E-state index in [-0.39, 0.29) is 23.4 Å². The normalized spacial score (nSPS) is 27.3. The molecule has 7 heteroatoms. The fourth-order valence-corrected chi connectivity index (χ4v) is 9.67. The third-order valence-electron chi connectivity index (χ3n) is 11.1. The van der Waals surface area contributed by atoms with Gasteiger partial charge in [0.1, 0.15) is 11.9 Å². The minimum atomic E-state index is -0.0876. The molecular formula is C37H54N2O4S. The lowest BCUT2D eigenvalue weighted by Crippen LogP contribution is -2.46. The second kappa shape index (κ2) is 15.2. The number of thiazole rings is 1. The summed E-state index contributed by atoms with van der Waals surface area (Å²) in [5, 5.41) is 13.8. The number of carbonyl (C=O) groups is 2. The number of ether oxygens (including phenoxy) is 1. The van der Waals surface area contributed by atoms with E-state index in [4.69, 9.17) is 4.74 Å². The van der Waals surface area contributed by atoms with Gasteiger partial charge < -0.3 is 15.2 Å². The van der Waals surface area contributed by atoms with Crippen LogP contribution in [0.25, 0.3) is 0 Å². The molecule has 6 nitrogen and oxygen atoms in total. The standard InChI is InChI=1S/C37H54N2O4S/c1-4-5-6-7-8-9-10-11-12-13-34(42)43-32-23-27(15-19-33(41)39-36-38-24-25(2)44-36)35-31-17-14-26-22-28(40)16-18-29(26)30(31)20-21-37(32,35)3/h16,18,22,24,27,30-32,35,40H,4-15,17,19-21,23H2,1-3H3,(H,38,39,41). The average Bonchev–Trinajstić information content (AvgIpc) is 3.53. The van der Waals surface area contributed by atoms with Gasteiger partial charge >= 0.3 is 5.97 Å². The number of nitrogens with one attached hydrogen (secondary N) is 1. The second-order valence-electron chi connectivity index (χ2n) is 14.2. The van der Waals surface area contributed by atoms with Gasteiger partial charge in [0, 0.05) is 29.3 Å². The van der Waals surface area contributed by atoms with Gasteiger partial charge in [-0.15, -0.1) is 11.3 Å². The summed E-state index contributed by atoms with van der Waals surface area (Å²) in [5.41, 5.74) is 2.60. The van der Waals surface area contributed by atoms with Gasteiger partial charge in [-0.1, -0.05) is 71.3 Å². The zero-order valence-corrected chi connectivity index (χ0v) is 28.1. The van der Waals surface area contributed by atoms with Crippen molar-refractivity contribution in [1.82, 2.24) is 4.98 Å². The van der Waals surface area contributed by atoms with E-state index in [1.165, 1.54) is 67.4 Å². The Kier molecular flexibility index (Phi) is 11.4. The van der Waals surface area contributed by atoms with Crippen molar-refractivity contribution in [2.24, 2.45) is 23.2 Å². The van der Waals surface area contributed by atoms with Crippen molar-refractivity contribution in [3.8, 4) is 5.75 Å². The predicted octanol–water partition coefficient (Wildman–Crippen LogP) is 9.49. The minimum absolute atomic E-state index is 0.0173. The van der Waals surface area contributed by atoms with Crippen LogP contribution in [0.3, 0.4) is 0 Å². The van der Waals surface area contributed by atoms with Gasteiger partial charge in [0.05, 0.1) is 0 Å². The second-order valence-corrected chi connectivity index (χ2v) is 15.4. The molecule has 6 unspecified atom stereocenters. The molecule has 2 saturated carbocycles. The summed E-state index contributed by atoms with van der Waals surface area (Å²) in [6.07, 6.45) is 19.6. The van der Waals surface area contributed by atoms with E-state index >= 15 is 0 Å². The summed E-state index contributed by atoms with van der Waals surface area (Å²) in [7, 11) is 0. The molecule has 6 atom stereocenters. The Labute approximate surface area is 268 Å². The topological polar surface area (TPSA) is 88.5 Å². The number of esters is 1. The fourth-order valence-electron chi connectivity index (χ4n) is 8.99. The van der Waals surface area contributed by atoms with Crippen molar-refractivity contribution in [1.29, 1.82) is 0 Å². The zero-order valence-electron chi connectivity index (χ0n) is 27.2. The molecule has 0 saturated heterocycles. The number of aromatic nitrogens is 1. The van der Waals surface area contributed by atoms with Gasteiger partial charge in [0.15, 0.2) is 5.13 Å². The number of amides is 1. The van der Waals surface area contributed by atoms with E-state index < -0.39 is 0 Å². The molecular weight excluding hydrogens is 568 g/mol. The van der Waals surface area contributed by atoms with E-state index in [1.807, 2.05) is 19.1 Å². The highest BCUT2D eigenvalue weighted by atomic mass is 32.1. The Morgan fingerprint density at radius 1 is 1.07 bits per heavy atom. The third-order valence-corrected chi connectivity index (χ3v) is 12.0. The molecule has 0 radical (unpaired) electrons. The van der Waals surface area contributed by atoms with Crippen LogP contribution in [0.2, 0.25) is 0 Å². The number of carbonyl (C=O) groups excluding carboxylic acids is 2. The van der Waals surface area contributed by atoms with E-state index in [0.717, 1.165) is 56.2 Å². The van der Waals surface area contributed by atoms with E-state index in [1.54, 1.807) is 6.20 Å². The largest absolute Gasteiger partial charge is 0.508 e. The lowest BCUT2D eigenvalue weighted by Gasteiger charge is -2.51. The summed E-state index contributed by atoms with van der Waals surface area (Å²) in [6, 6.07) is 5.93. The summed E-state index contributed by atoms with van der Waals surface area (Å²) >= 11 is 1.50. The van der Waals surface area contributed by atoms with Crippen LogP contribution in [0, 0.1) is 30.1 Å². The van der Waals surface area contributed by atoms with Crippen LogP contribution in [0.5, 0.6) is 5.75 Å². The maximum absolute atomic E-state index is 13.2. The molecule has 1 amide bonds. The number of aryl methyl sites for hydroxylation is 2. The zero-order chi connectivity index (χ0) is 31.1. The number of phenolic OH excluding ortho intramolecular Hbond substituents is 1. The van der Waals surface area contributed by atoms with Gasteiger partial charge in [0.25, 0.3) is 0 Å². The van der Waals surface area contributed by atoms with Crippen LogP contribution >= 0.6 is 11.3 Å². The molecule has 3 aliphatic carbocycles. The number of aromatic hydroxyl groups is 1. The van der Waals surface area contributed by atoms with Crippen molar-refractivity contribution >= 4 is 28.3 Å². The van der Waals surface area contributed by atoms with Gasteiger partial charge in [-0.2, -0.15) is 0 Å². The fraction of sp³-hybridized carbons (Fsp3) is 0.703. The van der Waals surface area contributed by atoms with Crippen molar-refractivity contribution in [2.45, 2.75) is 142 Å². The highest BCUT2D eigenvalue weighted by Crippen LogP contribution is 2.64. The molecule has 3 aliphatic rings. The van der Waals surface area contributed by atoms with Gasteiger partial charge in [-0.25, -0.2) is 4.98 Å². The molecule has 5 rings (SSSR count). The first-order valence-corrected chi connectivity index (χ1v) is 18.3. The van der Waals surface area contributed by atoms with Crippen LogP contribution < -0.4 is 5.32 Å². The number of unbranched alkanes of at least 4 members (excludes halogenated alkanes) is 8. The van der Waals surface area contributed by atoms with E-state index in [9.17, 15) is 14.7 Å². The molecule has 1 aromatic carbocycles. The summed E-state index contributed by atoms with van der Waals surface area (Å²) in [6.45, 7) is 6.62. The van der Waals surface area contributed by atoms with Crippen molar-refractivity contribution in [3.05, 3.63) is 40.4 Å². The average molecular weight is 623 g/mol. The first kappa shape index (κ1) is 33.0. The monoisotopic (exact) mass is 622 g/mol. The van der Waals surface area contributed by atoms with Gasteiger partial charge in [0.2, 0.25) is 5.91 Å². The van der Waals surface area contributed by atoms with Crippen LogP contribution in [0.1, 0.15) is 139 Å². The lowest BCUT2D eigenvalue weighted by molar-refractivity contribution is -0.157. The number of fused-ring (bicyclic) bond motifs is 5. The maximum Gasteiger partial charge on any atom is 0.306 e. The number of hydrogen-bond donors (Lipinski definition) is 2. The van der Waals surface area contributed by atoms with Crippen LogP contribution in [0.4, 0.5) is 5.13 Å². The predicted molar refractivity (Wildman–Crippen MR) is 178 cm³/mol. The SMILES string of the molecule is CCCCCCCCCCCC(=O)OC1CC(CCC(=O)Nc2ncc(C)s2)C2C3CCc4cc(O)ccc4C3CCC12C. The van der Waals surface area contributed by atoms with Crippen LogP contribution in [0.15, 0.2) is 24.4 Å². The Hall–Kier alpha value is -2.41. The number of anilines is 1. The molecule has 1 aromatic heterocycles. The molecule has 2 aromatic rings. The summed E-state index contributed by atoms with van der Waals surface area (Å²) in [4.78, 5) is 31.5. The molecule has 0 bridgehead atoms. The quantitative estimate of drug-likeness (QED) is 0.153. The smallest absolute Gasteiger partial charge is 0.306 e. The molecule has 2 fully saturated rings. The maximum atomic E-state index is 13.2. The first-order valence-electron chi connectivity index (χ1n) is 17.5. The third kappa shape index (κ3) is 7.86. The Bertz CT molecular complexity index is 1260. The van der Waals surface area contributed by atoms with Gasteiger partial charge in [-0.05, 0) is 98.8 Å². The molecule has 0 aliphatic heterocycles. The highest BCUT2D eigenvalue weighted by Gasteiger charge is 2.59. The Morgan fingerprint density at radius 3 is 2.55 bits per heavy atom. The number of nitrogens with zero attached hydrogens (tertiary/aromatic N) is 1. The highest BCUT2D eigenvalue weighted by molar-refractivity contribution is 7.15. The summed E-state index contributed by atoms with van der Waals surface area (Å²) in [5.74, 6) is 2.03. The van der Waals surface area contributed by atoms with Crippen LogP contribution in [-0.2, 0) is 20.7 Å². The Balaban J connectivity index is 1.21. The molecule has 1 heterocycles. The molecule has 0 spiro atoms. The van der Waals surface area contributed by atoms with Gasteiger partial charge in [-0.3, -0.25) is 9.59 Å². The molecule has 2 N–H and O–H groups in total. The number of benzene rings is 1. The number of phenols is 1. The summed E-state index contributed by atoms with van der Waals surface area (Å²) < 4.78 is 6.38. The Morgan fingerprint density at radius 2 is 1.82 bits per heavy atom. The van der Waals surface area contributed by atoms with Crippen molar-refractivity contribution < 1.29 is 19.4 Å². The van der Waals surface area contributed by atoms with Crippen LogP contribution in [-0.4, -0.2) is 28.1 Å². The minimum Gasteiger partial charge on any atom is -0.508 e. The van der Waals surface area contributed by atoms with Crippen molar-refractivity contribution in [3.63, 3.8) is 0 Å². The number of rotatable bonds is 15. The molecule has 44 heavy (non-hydrogen) atoms. The van der Waals surface area contributed by atoms with E-state index in [0.29, 0.717) is 47.4 Å². The lowest BCUT2D eigenvalue weighted by atomic mass is 9.53. The van der Waals surface area contributed by atoms with E-state index in [2.05, 4.69) is 30.2 Å². The first-order chi connectivity index (χ1) is 21.3. The number of hydrogen-bond acceptors (Lipinski definition) is 6.